The highest BCUT2D eigenvalue weighted by Crippen LogP contribution is 2.24. The van der Waals surface area contributed by atoms with Gasteiger partial charge in [0.2, 0.25) is 0 Å². The lowest BCUT2D eigenvalue weighted by atomic mass is 10.0. The van der Waals surface area contributed by atoms with E-state index in [9.17, 15) is 0 Å². The Labute approximate surface area is 115 Å². The van der Waals surface area contributed by atoms with E-state index in [0.717, 1.165) is 32.0 Å². The second-order valence-electron chi connectivity index (χ2n) is 5.32. The fraction of sp³-hybridized carbons (Fsp3) is 0.714. The largest absolute Gasteiger partial charge is 0.472 e. The molecule has 0 bridgehead atoms. The Kier molecular flexibility index (Phi) is 4.96. The first-order valence-corrected chi connectivity index (χ1v) is 6.93. The Balaban J connectivity index is 2.02. The molecule has 0 spiro atoms. The van der Waals surface area contributed by atoms with Crippen molar-refractivity contribution in [2.75, 3.05) is 31.7 Å². The molecule has 0 saturated carbocycles. The van der Waals surface area contributed by atoms with Crippen molar-refractivity contribution in [2.45, 2.75) is 32.8 Å². The van der Waals surface area contributed by atoms with Crippen LogP contribution in [0.15, 0.2) is 12.4 Å². The van der Waals surface area contributed by atoms with Crippen molar-refractivity contribution in [1.82, 2.24) is 9.97 Å². The van der Waals surface area contributed by atoms with Gasteiger partial charge in [-0.05, 0) is 32.6 Å². The first-order chi connectivity index (χ1) is 9.16. The second kappa shape index (κ2) is 6.70. The lowest BCUT2D eigenvalue weighted by Crippen LogP contribution is -2.31. The van der Waals surface area contributed by atoms with E-state index in [2.05, 4.69) is 14.9 Å². The quantitative estimate of drug-likeness (QED) is 0.816. The molecule has 1 saturated heterocycles. The van der Waals surface area contributed by atoms with Gasteiger partial charge in [-0.3, -0.25) is 0 Å². The standard InChI is InChI=1S/C14H23N3O2/c1-11(2)19-14-13(15-6-7-16-14)17(3)9-12-5-4-8-18-10-12/h6-7,11-12H,4-5,8-10H2,1-3H3. The fourth-order valence-electron chi connectivity index (χ4n) is 2.31. The summed E-state index contributed by atoms with van der Waals surface area (Å²) in [4.78, 5) is 10.8. The lowest BCUT2D eigenvalue weighted by molar-refractivity contribution is 0.0575. The van der Waals surface area contributed by atoms with Crippen LogP contribution in [0.3, 0.4) is 0 Å². The molecule has 1 aromatic rings. The van der Waals surface area contributed by atoms with Crippen molar-refractivity contribution in [3.63, 3.8) is 0 Å². The number of nitrogens with zero attached hydrogens (tertiary/aromatic N) is 3. The molecule has 0 radical (unpaired) electrons. The third-order valence-corrected chi connectivity index (χ3v) is 3.14. The van der Waals surface area contributed by atoms with Crippen LogP contribution in [0, 0.1) is 5.92 Å². The highest BCUT2D eigenvalue weighted by Gasteiger charge is 2.19. The molecule has 19 heavy (non-hydrogen) atoms. The summed E-state index contributed by atoms with van der Waals surface area (Å²) in [5, 5.41) is 0. The molecule has 5 heteroatoms. The Hall–Kier alpha value is -1.36. The number of ether oxygens (including phenoxy) is 2. The van der Waals surface area contributed by atoms with Crippen molar-refractivity contribution >= 4 is 5.82 Å². The van der Waals surface area contributed by atoms with E-state index < -0.39 is 0 Å². The summed E-state index contributed by atoms with van der Waals surface area (Å²) in [6, 6.07) is 0. The minimum Gasteiger partial charge on any atom is -0.472 e. The third-order valence-electron chi connectivity index (χ3n) is 3.14. The van der Waals surface area contributed by atoms with E-state index in [4.69, 9.17) is 9.47 Å². The van der Waals surface area contributed by atoms with Gasteiger partial charge in [-0.15, -0.1) is 0 Å². The van der Waals surface area contributed by atoms with Crippen LogP contribution in [0.5, 0.6) is 5.88 Å². The Morgan fingerprint density at radius 1 is 1.42 bits per heavy atom. The molecule has 0 aromatic carbocycles. The van der Waals surface area contributed by atoms with E-state index in [1.165, 1.54) is 6.42 Å². The maximum absolute atomic E-state index is 5.71. The van der Waals surface area contributed by atoms with E-state index in [1.54, 1.807) is 12.4 Å². The third kappa shape index (κ3) is 4.06. The maximum atomic E-state index is 5.71. The van der Waals surface area contributed by atoms with Gasteiger partial charge in [0.1, 0.15) is 0 Å². The summed E-state index contributed by atoms with van der Waals surface area (Å²) in [5.41, 5.74) is 0. The van der Waals surface area contributed by atoms with Crippen molar-refractivity contribution in [2.24, 2.45) is 5.92 Å². The minimum atomic E-state index is 0.0989. The molecule has 1 aromatic heterocycles. The Morgan fingerprint density at radius 2 is 2.21 bits per heavy atom. The van der Waals surface area contributed by atoms with Crippen LogP contribution in [0.1, 0.15) is 26.7 Å². The monoisotopic (exact) mass is 265 g/mol. The first kappa shape index (κ1) is 14.1. The zero-order valence-electron chi connectivity index (χ0n) is 12.0. The molecule has 1 unspecified atom stereocenters. The zero-order valence-corrected chi connectivity index (χ0v) is 12.0. The van der Waals surface area contributed by atoms with Crippen LogP contribution in [-0.4, -0.2) is 42.9 Å². The van der Waals surface area contributed by atoms with Crippen molar-refractivity contribution < 1.29 is 9.47 Å². The van der Waals surface area contributed by atoms with E-state index in [0.29, 0.717) is 11.8 Å². The summed E-state index contributed by atoms with van der Waals surface area (Å²) in [7, 11) is 2.03. The predicted octanol–water partition coefficient (Wildman–Crippen LogP) is 2.13. The molecule has 2 rings (SSSR count). The predicted molar refractivity (Wildman–Crippen MR) is 74.6 cm³/mol. The van der Waals surface area contributed by atoms with Crippen molar-refractivity contribution in [3.8, 4) is 5.88 Å². The van der Waals surface area contributed by atoms with Gasteiger partial charge in [-0.2, -0.15) is 0 Å². The summed E-state index contributed by atoms with van der Waals surface area (Å²) < 4.78 is 11.2. The molecule has 0 amide bonds. The van der Waals surface area contributed by atoms with Gasteiger partial charge in [0, 0.05) is 32.6 Å². The van der Waals surface area contributed by atoms with Gasteiger partial charge < -0.3 is 14.4 Å². The summed E-state index contributed by atoms with van der Waals surface area (Å²) in [5.74, 6) is 1.98. The Morgan fingerprint density at radius 3 is 2.89 bits per heavy atom. The highest BCUT2D eigenvalue weighted by atomic mass is 16.5. The van der Waals surface area contributed by atoms with Gasteiger partial charge in [-0.1, -0.05) is 0 Å². The topological polar surface area (TPSA) is 47.5 Å². The van der Waals surface area contributed by atoms with Gasteiger partial charge in [-0.25, -0.2) is 9.97 Å². The molecule has 1 atom stereocenters. The lowest BCUT2D eigenvalue weighted by Gasteiger charge is -2.28. The minimum absolute atomic E-state index is 0.0989. The van der Waals surface area contributed by atoms with Crippen LogP contribution >= 0.6 is 0 Å². The molecule has 2 heterocycles. The summed E-state index contributed by atoms with van der Waals surface area (Å²) in [6.45, 7) is 6.64. The number of hydrogen-bond acceptors (Lipinski definition) is 5. The average Bonchev–Trinajstić information content (AvgIpc) is 2.39. The van der Waals surface area contributed by atoms with Crippen LogP contribution < -0.4 is 9.64 Å². The molecule has 0 aliphatic carbocycles. The van der Waals surface area contributed by atoms with Crippen LogP contribution in [0.25, 0.3) is 0 Å². The highest BCUT2D eigenvalue weighted by molar-refractivity contribution is 5.47. The van der Waals surface area contributed by atoms with Crippen LogP contribution in [0.4, 0.5) is 5.82 Å². The molecule has 1 fully saturated rings. The molecular weight excluding hydrogens is 242 g/mol. The number of rotatable bonds is 5. The molecule has 1 aliphatic rings. The van der Waals surface area contributed by atoms with Crippen LogP contribution in [0.2, 0.25) is 0 Å². The van der Waals surface area contributed by atoms with Crippen LogP contribution in [-0.2, 0) is 4.74 Å². The van der Waals surface area contributed by atoms with E-state index in [-0.39, 0.29) is 6.10 Å². The van der Waals surface area contributed by atoms with Crippen molar-refractivity contribution in [3.05, 3.63) is 12.4 Å². The maximum Gasteiger partial charge on any atom is 0.257 e. The number of hydrogen-bond donors (Lipinski definition) is 0. The van der Waals surface area contributed by atoms with E-state index >= 15 is 0 Å². The van der Waals surface area contributed by atoms with Gasteiger partial charge in [0.05, 0.1) is 12.7 Å². The molecule has 5 nitrogen and oxygen atoms in total. The zero-order chi connectivity index (χ0) is 13.7. The molecule has 0 N–H and O–H groups in total. The average molecular weight is 265 g/mol. The smallest absolute Gasteiger partial charge is 0.257 e. The number of aromatic nitrogens is 2. The van der Waals surface area contributed by atoms with E-state index in [1.807, 2.05) is 20.9 Å². The summed E-state index contributed by atoms with van der Waals surface area (Å²) >= 11 is 0. The molecule has 1 aliphatic heterocycles. The fourth-order valence-corrected chi connectivity index (χ4v) is 2.31. The van der Waals surface area contributed by atoms with Crippen molar-refractivity contribution in [1.29, 1.82) is 0 Å². The first-order valence-electron chi connectivity index (χ1n) is 6.93. The normalized spacial score (nSPS) is 19.5. The SMILES string of the molecule is CC(C)Oc1nccnc1N(C)CC1CCCOC1. The number of anilines is 1. The molecule has 106 valence electrons. The van der Waals surface area contributed by atoms with Gasteiger partial charge >= 0.3 is 0 Å². The second-order valence-corrected chi connectivity index (χ2v) is 5.32. The van der Waals surface area contributed by atoms with Gasteiger partial charge in [0.25, 0.3) is 5.88 Å². The Bertz CT molecular complexity index is 392. The molecular formula is C14H23N3O2. The summed E-state index contributed by atoms with van der Waals surface area (Å²) in [6.07, 6.45) is 5.83. The van der Waals surface area contributed by atoms with Gasteiger partial charge in [0.15, 0.2) is 5.82 Å².